The minimum atomic E-state index is 0.598. The smallest absolute Gasteiger partial charge is 0.0992 e. The van der Waals surface area contributed by atoms with E-state index in [0.29, 0.717) is 6.04 Å². The molecule has 0 amide bonds. The van der Waals surface area contributed by atoms with Crippen LogP contribution < -0.4 is 5.32 Å². The fourth-order valence-corrected chi connectivity index (χ4v) is 2.24. The Morgan fingerprint density at radius 1 is 1.38 bits per heavy atom. The first-order valence-electron chi connectivity index (χ1n) is 5.95. The zero-order valence-electron chi connectivity index (χ0n) is 9.90. The van der Waals surface area contributed by atoms with E-state index in [2.05, 4.69) is 25.2 Å². The van der Waals surface area contributed by atoms with Crippen LogP contribution in [-0.4, -0.2) is 6.04 Å². The first-order chi connectivity index (χ1) is 7.69. The molecule has 2 heteroatoms. The third kappa shape index (κ3) is 2.36. The predicted octanol–water partition coefficient (Wildman–Crippen LogP) is 3.40. The molecule has 1 N–H and O–H groups in total. The molecule has 1 saturated carbocycles. The summed E-state index contributed by atoms with van der Waals surface area (Å²) in [6, 6.07) is 10.5. The Hall–Kier alpha value is -1.49. The van der Waals surface area contributed by atoms with Gasteiger partial charge in [-0.3, -0.25) is 0 Å². The minimum Gasteiger partial charge on any atom is -0.382 e. The van der Waals surface area contributed by atoms with Crippen LogP contribution in [0.2, 0.25) is 0 Å². The van der Waals surface area contributed by atoms with Gasteiger partial charge in [-0.25, -0.2) is 0 Å². The first kappa shape index (κ1) is 11.0. The molecule has 0 unspecified atom stereocenters. The maximum absolute atomic E-state index is 8.80. The SMILES string of the molecule is CC(C)C1CC(Nc2cccc(C#N)c2)C1. The van der Waals surface area contributed by atoms with Crippen molar-refractivity contribution in [1.29, 1.82) is 5.26 Å². The summed E-state index contributed by atoms with van der Waals surface area (Å²) in [5, 5.41) is 12.3. The third-order valence-corrected chi connectivity index (χ3v) is 3.48. The second-order valence-corrected chi connectivity index (χ2v) is 5.01. The Morgan fingerprint density at radius 2 is 2.12 bits per heavy atom. The monoisotopic (exact) mass is 214 g/mol. The van der Waals surface area contributed by atoms with Crippen molar-refractivity contribution in [2.75, 3.05) is 5.32 Å². The van der Waals surface area contributed by atoms with Crippen LogP contribution in [-0.2, 0) is 0 Å². The van der Waals surface area contributed by atoms with E-state index in [1.165, 1.54) is 12.8 Å². The predicted molar refractivity (Wildman–Crippen MR) is 66.1 cm³/mol. The zero-order chi connectivity index (χ0) is 11.5. The van der Waals surface area contributed by atoms with Gasteiger partial charge in [0.2, 0.25) is 0 Å². The first-order valence-corrected chi connectivity index (χ1v) is 5.95. The fraction of sp³-hybridized carbons (Fsp3) is 0.500. The van der Waals surface area contributed by atoms with Crippen molar-refractivity contribution in [3.8, 4) is 6.07 Å². The summed E-state index contributed by atoms with van der Waals surface area (Å²) >= 11 is 0. The van der Waals surface area contributed by atoms with E-state index in [9.17, 15) is 0 Å². The van der Waals surface area contributed by atoms with Crippen molar-refractivity contribution in [2.24, 2.45) is 11.8 Å². The number of benzene rings is 1. The molecule has 1 fully saturated rings. The van der Waals surface area contributed by atoms with Gasteiger partial charge in [0.15, 0.2) is 0 Å². The van der Waals surface area contributed by atoms with Crippen LogP contribution in [0.25, 0.3) is 0 Å². The lowest BCUT2D eigenvalue weighted by Gasteiger charge is -2.39. The lowest BCUT2D eigenvalue weighted by Crippen LogP contribution is -2.37. The highest BCUT2D eigenvalue weighted by Gasteiger charge is 2.30. The van der Waals surface area contributed by atoms with Gasteiger partial charge in [-0.2, -0.15) is 5.26 Å². The molecule has 0 saturated heterocycles. The number of rotatable bonds is 3. The largest absolute Gasteiger partial charge is 0.382 e. The molecule has 0 aliphatic heterocycles. The Morgan fingerprint density at radius 3 is 2.75 bits per heavy atom. The van der Waals surface area contributed by atoms with Crippen LogP contribution in [0.3, 0.4) is 0 Å². The summed E-state index contributed by atoms with van der Waals surface area (Å²) in [7, 11) is 0. The van der Waals surface area contributed by atoms with E-state index in [1.807, 2.05) is 24.3 Å². The van der Waals surface area contributed by atoms with E-state index in [4.69, 9.17) is 5.26 Å². The highest BCUT2D eigenvalue weighted by atomic mass is 14.9. The highest BCUT2D eigenvalue weighted by molar-refractivity contribution is 5.50. The third-order valence-electron chi connectivity index (χ3n) is 3.48. The van der Waals surface area contributed by atoms with Gasteiger partial charge < -0.3 is 5.32 Å². The maximum Gasteiger partial charge on any atom is 0.0992 e. The van der Waals surface area contributed by atoms with Crippen LogP contribution in [0, 0.1) is 23.2 Å². The average molecular weight is 214 g/mol. The van der Waals surface area contributed by atoms with Gasteiger partial charge in [-0.15, -0.1) is 0 Å². The highest BCUT2D eigenvalue weighted by Crippen LogP contribution is 2.35. The molecular formula is C14H18N2. The van der Waals surface area contributed by atoms with Crippen molar-refractivity contribution in [1.82, 2.24) is 0 Å². The van der Waals surface area contributed by atoms with Crippen molar-refractivity contribution in [3.05, 3.63) is 29.8 Å². The summed E-state index contributed by atoms with van der Waals surface area (Å²) in [6.07, 6.45) is 2.52. The van der Waals surface area contributed by atoms with E-state index in [1.54, 1.807) is 0 Å². The van der Waals surface area contributed by atoms with Gasteiger partial charge >= 0.3 is 0 Å². The molecule has 0 heterocycles. The number of hydrogen-bond donors (Lipinski definition) is 1. The second-order valence-electron chi connectivity index (χ2n) is 5.01. The minimum absolute atomic E-state index is 0.598. The molecule has 1 aromatic rings. The van der Waals surface area contributed by atoms with Crippen LogP contribution >= 0.6 is 0 Å². The van der Waals surface area contributed by atoms with Gasteiger partial charge in [0.1, 0.15) is 0 Å². The van der Waals surface area contributed by atoms with E-state index < -0.39 is 0 Å². The Kier molecular flexibility index (Phi) is 3.14. The fourth-order valence-electron chi connectivity index (χ4n) is 2.24. The Balaban J connectivity index is 1.89. The summed E-state index contributed by atoms with van der Waals surface area (Å²) in [6.45, 7) is 4.58. The van der Waals surface area contributed by atoms with Crippen molar-refractivity contribution in [2.45, 2.75) is 32.7 Å². The molecule has 0 spiro atoms. The lowest BCUT2D eigenvalue weighted by atomic mass is 9.73. The molecule has 1 aromatic carbocycles. The normalized spacial score (nSPS) is 23.6. The number of nitrogens with one attached hydrogen (secondary N) is 1. The average Bonchev–Trinajstić information content (AvgIpc) is 2.22. The zero-order valence-corrected chi connectivity index (χ0v) is 9.90. The van der Waals surface area contributed by atoms with Gasteiger partial charge in [0.25, 0.3) is 0 Å². The number of anilines is 1. The molecule has 0 bridgehead atoms. The molecular weight excluding hydrogens is 196 g/mol. The molecule has 2 rings (SSSR count). The summed E-state index contributed by atoms with van der Waals surface area (Å²) in [5.74, 6) is 1.67. The molecule has 84 valence electrons. The van der Waals surface area contributed by atoms with Crippen LogP contribution in [0.4, 0.5) is 5.69 Å². The van der Waals surface area contributed by atoms with E-state index in [-0.39, 0.29) is 0 Å². The van der Waals surface area contributed by atoms with Crippen LogP contribution in [0.1, 0.15) is 32.3 Å². The number of nitriles is 1. The molecule has 0 radical (unpaired) electrons. The molecule has 2 nitrogen and oxygen atoms in total. The van der Waals surface area contributed by atoms with Crippen molar-refractivity contribution < 1.29 is 0 Å². The van der Waals surface area contributed by atoms with Crippen molar-refractivity contribution in [3.63, 3.8) is 0 Å². The van der Waals surface area contributed by atoms with Crippen LogP contribution in [0.15, 0.2) is 24.3 Å². The Labute approximate surface area is 97.3 Å². The quantitative estimate of drug-likeness (QED) is 0.837. The van der Waals surface area contributed by atoms with E-state index in [0.717, 1.165) is 23.1 Å². The molecule has 0 atom stereocenters. The Bertz CT molecular complexity index is 397. The summed E-state index contributed by atoms with van der Waals surface area (Å²) < 4.78 is 0. The van der Waals surface area contributed by atoms with E-state index >= 15 is 0 Å². The van der Waals surface area contributed by atoms with Gasteiger partial charge in [0.05, 0.1) is 11.6 Å². The molecule has 1 aliphatic rings. The van der Waals surface area contributed by atoms with Crippen molar-refractivity contribution >= 4 is 5.69 Å². The molecule has 1 aliphatic carbocycles. The molecule has 16 heavy (non-hydrogen) atoms. The van der Waals surface area contributed by atoms with Gasteiger partial charge in [-0.1, -0.05) is 19.9 Å². The lowest BCUT2D eigenvalue weighted by molar-refractivity contribution is 0.212. The summed E-state index contributed by atoms with van der Waals surface area (Å²) in [4.78, 5) is 0. The second kappa shape index (κ2) is 4.57. The number of hydrogen-bond acceptors (Lipinski definition) is 2. The maximum atomic E-state index is 8.80. The molecule has 0 aromatic heterocycles. The topological polar surface area (TPSA) is 35.8 Å². The van der Waals surface area contributed by atoms with Gasteiger partial charge in [-0.05, 0) is 42.9 Å². The summed E-state index contributed by atoms with van der Waals surface area (Å²) in [5.41, 5.74) is 1.80. The van der Waals surface area contributed by atoms with Gasteiger partial charge in [0, 0.05) is 11.7 Å². The standard InChI is InChI=1S/C14H18N2/c1-10(2)12-7-14(8-12)16-13-5-3-4-11(6-13)9-15/h3-6,10,12,14,16H,7-8H2,1-2H3. The number of nitrogens with zero attached hydrogens (tertiary/aromatic N) is 1. The van der Waals surface area contributed by atoms with Crippen LogP contribution in [0.5, 0.6) is 0 Å².